The average Bonchev–Trinajstić information content (AvgIpc) is 2.00. The zero-order valence-corrected chi connectivity index (χ0v) is 8.76. The highest BCUT2D eigenvalue weighted by atomic mass is 14.5. The summed E-state index contributed by atoms with van der Waals surface area (Å²) in [6.07, 6.45) is 13.4. The van der Waals surface area contributed by atoms with Gasteiger partial charge in [0.25, 0.3) is 0 Å². The van der Waals surface area contributed by atoms with Crippen LogP contribution in [0.15, 0.2) is 0 Å². The second-order valence-electron chi connectivity index (χ2n) is 5.89. The molecule has 73 valence electrons. The van der Waals surface area contributed by atoms with Crippen molar-refractivity contribution in [3.8, 4) is 0 Å². The summed E-state index contributed by atoms with van der Waals surface area (Å²) in [6, 6.07) is 0. The lowest BCUT2D eigenvalue weighted by atomic mass is 9.49. The van der Waals surface area contributed by atoms with Gasteiger partial charge in [-0.2, -0.15) is 0 Å². The van der Waals surface area contributed by atoms with Crippen molar-refractivity contribution in [1.29, 1.82) is 0 Å². The highest BCUT2D eigenvalue weighted by molar-refractivity contribution is 5.10. The Labute approximate surface area is 82.1 Å². The van der Waals surface area contributed by atoms with Crippen LogP contribution in [-0.2, 0) is 0 Å². The van der Waals surface area contributed by atoms with E-state index >= 15 is 0 Å². The van der Waals surface area contributed by atoms with Crippen LogP contribution in [0.3, 0.4) is 0 Å². The van der Waals surface area contributed by atoms with Crippen LogP contribution in [-0.4, -0.2) is 0 Å². The van der Waals surface area contributed by atoms with Gasteiger partial charge in [0, 0.05) is 0 Å². The molecule has 4 aliphatic rings. The predicted molar refractivity (Wildman–Crippen MR) is 55.2 cm³/mol. The molecule has 0 saturated heterocycles. The molecular weight excluding hydrogens is 156 g/mol. The molecule has 0 heterocycles. The maximum absolute atomic E-state index is 2.77. The summed E-state index contributed by atoms with van der Waals surface area (Å²) in [6.45, 7) is 2.35. The van der Waals surface area contributed by atoms with Crippen molar-refractivity contribution in [3.63, 3.8) is 0 Å². The average molecular weight is 177 g/mol. The smallest absolute Gasteiger partial charge is 0.0258 e. The first-order chi connectivity index (χ1) is 6.30. The van der Waals surface area contributed by atoms with Crippen molar-refractivity contribution in [2.24, 2.45) is 23.2 Å². The Hall–Kier alpha value is 0. The third-order valence-electron chi connectivity index (χ3n) is 4.67. The van der Waals surface area contributed by atoms with Crippen LogP contribution in [0.25, 0.3) is 0 Å². The summed E-state index contributed by atoms with van der Waals surface area (Å²) in [7, 11) is 0. The first-order valence-corrected chi connectivity index (χ1v) is 6.16. The van der Waals surface area contributed by atoms with E-state index in [1.165, 1.54) is 12.8 Å². The quantitative estimate of drug-likeness (QED) is 0.601. The summed E-state index contributed by atoms with van der Waals surface area (Å²) >= 11 is 0. The first-order valence-electron chi connectivity index (χ1n) is 6.16. The fourth-order valence-corrected chi connectivity index (χ4v) is 4.74. The van der Waals surface area contributed by atoms with Crippen LogP contribution < -0.4 is 0 Å². The highest BCUT2D eigenvalue weighted by Gasteiger charge is 2.50. The van der Waals surface area contributed by atoms with Crippen LogP contribution in [0.2, 0.25) is 0 Å². The Morgan fingerprint density at radius 1 is 1.15 bits per heavy atom. The molecule has 2 atom stereocenters. The van der Waals surface area contributed by atoms with Gasteiger partial charge in [0.05, 0.1) is 0 Å². The van der Waals surface area contributed by atoms with Gasteiger partial charge in [-0.05, 0) is 68.1 Å². The number of hydrogen-bond donors (Lipinski definition) is 0. The van der Waals surface area contributed by atoms with Gasteiger partial charge in [-0.25, -0.2) is 0 Å². The van der Waals surface area contributed by atoms with Gasteiger partial charge in [-0.1, -0.05) is 13.3 Å². The predicted octanol–water partition coefficient (Wildman–Crippen LogP) is 3.82. The maximum atomic E-state index is 2.77. The number of hydrogen-bond acceptors (Lipinski definition) is 0. The molecule has 0 aromatic rings. The standard InChI is InChI=1S/C13H21/c1-2-3-13-7-10-4-11(8-13)6-12(5-10)9-13/h7,10-12H,2-6,8-9H2,1H3. The summed E-state index contributed by atoms with van der Waals surface area (Å²) in [4.78, 5) is 0. The minimum Gasteiger partial charge on any atom is -0.0654 e. The summed E-state index contributed by atoms with van der Waals surface area (Å²) in [5, 5.41) is 0. The van der Waals surface area contributed by atoms with Gasteiger partial charge in [-0.15, -0.1) is 0 Å². The van der Waals surface area contributed by atoms with Crippen molar-refractivity contribution < 1.29 is 0 Å². The molecule has 4 bridgehead atoms. The minimum atomic E-state index is 0.726. The van der Waals surface area contributed by atoms with E-state index < -0.39 is 0 Å². The topological polar surface area (TPSA) is 0 Å². The van der Waals surface area contributed by atoms with Crippen LogP contribution in [0.5, 0.6) is 0 Å². The summed E-state index contributed by atoms with van der Waals surface area (Å²) in [5.74, 6) is 3.26. The highest BCUT2D eigenvalue weighted by Crippen LogP contribution is 2.60. The number of rotatable bonds is 2. The molecule has 0 spiro atoms. The van der Waals surface area contributed by atoms with Crippen molar-refractivity contribution in [3.05, 3.63) is 6.42 Å². The monoisotopic (exact) mass is 177 g/mol. The van der Waals surface area contributed by atoms with Gasteiger partial charge in [0.1, 0.15) is 0 Å². The van der Waals surface area contributed by atoms with Crippen LogP contribution in [0.4, 0.5) is 0 Å². The zero-order valence-electron chi connectivity index (χ0n) is 8.76. The summed E-state index contributed by atoms with van der Waals surface area (Å²) in [5.41, 5.74) is 0.726. The van der Waals surface area contributed by atoms with E-state index in [0.717, 1.165) is 23.2 Å². The lowest BCUT2D eigenvalue weighted by Gasteiger charge is -2.56. The molecule has 0 aliphatic heterocycles. The van der Waals surface area contributed by atoms with E-state index in [-0.39, 0.29) is 0 Å². The van der Waals surface area contributed by atoms with Crippen LogP contribution >= 0.6 is 0 Å². The molecule has 4 rings (SSSR count). The van der Waals surface area contributed by atoms with Crippen LogP contribution in [0.1, 0.15) is 51.9 Å². The van der Waals surface area contributed by atoms with Gasteiger partial charge in [0.2, 0.25) is 0 Å². The van der Waals surface area contributed by atoms with Gasteiger partial charge < -0.3 is 0 Å². The molecule has 0 aromatic heterocycles. The molecule has 0 aromatic carbocycles. The first kappa shape index (κ1) is 8.32. The van der Waals surface area contributed by atoms with Gasteiger partial charge in [0.15, 0.2) is 0 Å². The van der Waals surface area contributed by atoms with Crippen LogP contribution in [0, 0.1) is 29.6 Å². The van der Waals surface area contributed by atoms with E-state index in [0.29, 0.717) is 0 Å². The van der Waals surface area contributed by atoms with Crippen molar-refractivity contribution >= 4 is 0 Å². The molecule has 0 amide bonds. The molecule has 2 unspecified atom stereocenters. The largest absolute Gasteiger partial charge is 0.0654 e. The molecule has 1 radical (unpaired) electrons. The SMILES string of the molecule is CCCC12[CH]C3CC(CC(C3)C1)C2. The maximum Gasteiger partial charge on any atom is -0.0258 e. The Balaban J connectivity index is 1.83. The molecule has 0 nitrogen and oxygen atoms in total. The van der Waals surface area contributed by atoms with Crippen molar-refractivity contribution in [1.82, 2.24) is 0 Å². The molecule has 0 heteroatoms. The molecule has 4 fully saturated rings. The second-order valence-corrected chi connectivity index (χ2v) is 5.89. The van der Waals surface area contributed by atoms with E-state index in [4.69, 9.17) is 0 Å². The second kappa shape index (κ2) is 2.74. The third-order valence-corrected chi connectivity index (χ3v) is 4.67. The van der Waals surface area contributed by atoms with Gasteiger partial charge in [-0.3, -0.25) is 0 Å². The fourth-order valence-electron chi connectivity index (χ4n) is 4.74. The van der Waals surface area contributed by atoms with Gasteiger partial charge >= 0.3 is 0 Å². The van der Waals surface area contributed by atoms with E-state index in [1.807, 2.05) is 0 Å². The molecule has 4 saturated carbocycles. The van der Waals surface area contributed by atoms with E-state index in [9.17, 15) is 0 Å². The Bertz CT molecular complexity index is 169. The lowest BCUT2D eigenvalue weighted by Crippen LogP contribution is -2.46. The molecule has 13 heavy (non-hydrogen) atoms. The molecular formula is C13H21. The van der Waals surface area contributed by atoms with Crippen molar-refractivity contribution in [2.45, 2.75) is 51.9 Å². The third kappa shape index (κ3) is 1.25. The van der Waals surface area contributed by atoms with Crippen molar-refractivity contribution in [2.75, 3.05) is 0 Å². The Morgan fingerprint density at radius 3 is 2.38 bits per heavy atom. The summed E-state index contributed by atoms with van der Waals surface area (Å²) < 4.78 is 0. The lowest BCUT2D eigenvalue weighted by molar-refractivity contribution is -0.00826. The molecule has 0 N–H and O–H groups in total. The zero-order chi connectivity index (χ0) is 8.89. The van der Waals surface area contributed by atoms with E-state index in [2.05, 4.69) is 13.3 Å². The minimum absolute atomic E-state index is 0.726. The van der Waals surface area contributed by atoms with E-state index in [1.54, 1.807) is 32.1 Å². The fraction of sp³-hybridized carbons (Fsp3) is 0.923. The Kier molecular flexibility index (Phi) is 1.76. The molecule has 4 aliphatic carbocycles. The normalized spacial score (nSPS) is 52.8. The Morgan fingerprint density at radius 2 is 1.85 bits per heavy atom.